The Labute approximate surface area is 112 Å². The number of nitrogens with two attached hydrogens (primary N) is 1. The Morgan fingerprint density at radius 3 is 2.53 bits per heavy atom. The molecule has 0 fully saturated rings. The second-order valence-electron chi connectivity index (χ2n) is 5.03. The van der Waals surface area contributed by atoms with E-state index in [2.05, 4.69) is 25.1 Å². The Morgan fingerprint density at radius 1 is 1.00 bits per heavy atom. The Bertz CT molecular complexity index is 727. The monoisotopic (exact) mass is 251 g/mol. The molecule has 2 heteroatoms. The quantitative estimate of drug-likeness (QED) is 0.744. The molecule has 0 bridgehead atoms. The number of benzene rings is 2. The van der Waals surface area contributed by atoms with E-state index in [-0.39, 0.29) is 6.04 Å². The molecule has 2 aromatic carbocycles. The Balaban J connectivity index is 2.06. The van der Waals surface area contributed by atoms with Gasteiger partial charge in [0, 0.05) is 5.39 Å². The molecule has 0 aliphatic rings. The van der Waals surface area contributed by atoms with Crippen LogP contribution in [0.1, 0.15) is 28.5 Å². The topological polar surface area (TPSA) is 39.2 Å². The van der Waals surface area contributed by atoms with Gasteiger partial charge in [-0.05, 0) is 31.0 Å². The van der Waals surface area contributed by atoms with Gasteiger partial charge in [0.05, 0.1) is 6.04 Å². The van der Waals surface area contributed by atoms with Crippen molar-refractivity contribution >= 4 is 11.0 Å². The number of para-hydroxylation sites is 1. The highest BCUT2D eigenvalue weighted by Gasteiger charge is 2.14. The summed E-state index contributed by atoms with van der Waals surface area (Å²) in [6, 6.07) is 16.2. The van der Waals surface area contributed by atoms with Gasteiger partial charge in [-0.15, -0.1) is 0 Å². The molecule has 1 heterocycles. The van der Waals surface area contributed by atoms with E-state index < -0.39 is 0 Å². The van der Waals surface area contributed by atoms with Crippen molar-refractivity contribution in [2.24, 2.45) is 5.73 Å². The summed E-state index contributed by atoms with van der Waals surface area (Å²) in [6.07, 6.45) is 0. The largest absolute Gasteiger partial charge is 0.459 e. The molecule has 2 N–H and O–H groups in total. The first-order valence-electron chi connectivity index (χ1n) is 6.46. The number of aryl methyl sites for hydroxylation is 2. The van der Waals surface area contributed by atoms with E-state index in [0.29, 0.717) is 0 Å². The minimum absolute atomic E-state index is 0.216. The second kappa shape index (κ2) is 4.56. The molecule has 0 amide bonds. The molecular formula is C17H17NO. The Hall–Kier alpha value is -2.06. The third-order valence-corrected chi connectivity index (χ3v) is 3.47. The van der Waals surface area contributed by atoms with Gasteiger partial charge in [-0.3, -0.25) is 0 Å². The number of hydrogen-bond donors (Lipinski definition) is 1. The van der Waals surface area contributed by atoms with Gasteiger partial charge in [-0.1, -0.05) is 48.0 Å². The van der Waals surface area contributed by atoms with E-state index in [1.165, 1.54) is 5.56 Å². The lowest BCUT2D eigenvalue weighted by Gasteiger charge is -2.09. The van der Waals surface area contributed by atoms with Gasteiger partial charge >= 0.3 is 0 Å². The number of hydrogen-bond acceptors (Lipinski definition) is 2. The fraction of sp³-hybridized carbons (Fsp3) is 0.176. The summed E-state index contributed by atoms with van der Waals surface area (Å²) in [5, 5.41) is 1.11. The highest BCUT2D eigenvalue weighted by molar-refractivity contribution is 5.81. The maximum absolute atomic E-state index is 6.31. The van der Waals surface area contributed by atoms with Crippen molar-refractivity contribution in [2.75, 3.05) is 0 Å². The molecule has 3 aromatic rings. The molecule has 0 radical (unpaired) electrons. The third kappa shape index (κ3) is 2.15. The van der Waals surface area contributed by atoms with Crippen LogP contribution in [0.2, 0.25) is 0 Å². The summed E-state index contributed by atoms with van der Waals surface area (Å²) in [4.78, 5) is 0. The third-order valence-electron chi connectivity index (χ3n) is 3.47. The lowest BCUT2D eigenvalue weighted by molar-refractivity contribution is 0.523. The summed E-state index contributed by atoms with van der Waals surface area (Å²) < 4.78 is 5.93. The summed E-state index contributed by atoms with van der Waals surface area (Å²) in [5.41, 5.74) is 10.7. The van der Waals surface area contributed by atoms with Gasteiger partial charge in [0.15, 0.2) is 0 Å². The van der Waals surface area contributed by atoms with Crippen LogP contribution >= 0.6 is 0 Å². The molecule has 0 saturated carbocycles. The van der Waals surface area contributed by atoms with Gasteiger partial charge in [0.2, 0.25) is 0 Å². The lowest BCUT2D eigenvalue weighted by Crippen LogP contribution is -2.10. The van der Waals surface area contributed by atoms with Crippen LogP contribution in [-0.2, 0) is 0 Å². The number of furan rings is 1. The van der Waals surface area contributed by atoms with E-state index in [4.69, 9.17) is 10.2 Å². The zero-order valence-electron chi connectivity index (χ0n) is 11.2. The molecule has 19 heavy (non-hydrogen) atoms. The van der Waals surface area contributed by atoms with Crippen molar-refractivity contribution in [3.63, 3.8) is 0 Å². The predicted molar refractivity (Wildman–Crippen MR) is 78.2 cm³/mol. The van der Waals surface area contributed by atoms with Crippen molar-refractivity contribution in [3.8, 4) is 0 Å². The highest BCUT2D eigenvalue weighted by atomic mass is 16.3. The summed E-state index contributed by atoms with van der Waals surface area (Å²) >= 11 is 0. The molecule has 3 rings (SSSR count). The smallest absolute Gasteiger partial charge is 0.137 e. The van der Waals surface area contributed by atoms with Crippen LogP contribution in [0.25, 0.3) is 11.0 Å². The van der Waals surface area contributed by atoms with E-state index >= 15 is 0 Å². The fourth-order valence-corrected chi connectivity index (χ4v) is 2.41. The molecule has 1 unspecified atom stereocenters. The average molecular weight is 251 g/mol. The number of rotatable bonds is 2. The fourth-order valence-electron chi connectivity index (χ4n) is 2.41. The lowest BCUT2D eigenvalue weighted by atomic mass is 10.0. The SMILES string of the molecule is Cc1cccc(C(N)c2cc3cccc(C)c3o2)c1. The van der Waals surface area contributed by atoms with Crippen molar-refractivity contribution in [3.05, 3.63) is 71.0 Å². The minimum atomic E-state index is -0.216. The van der Waals surface area contributed by atoms with Crippen LogP contribution in [0.5, 0.6) is 0 Å². The summed E-state index contributed by atoms with van der Waals surface area (Å²) in [5.74, 6) is 0.815. The van der Waals surface area contributed by atoms with Gasteiger partial charge < -0.3 is 10.2 Å². The van der Waals surface area contributed by atoms with Crippen LogP contribution < -0.4 is 5.73 Å². The van der Waals surface area contributed by atoms with Crippen LogP contribution in [-0.4, -0.2) is 0 Å². The molecule has 96 valence electrons. The van der Waals surface area contributed by atoms with Crippen molar-refractivity contribution in [1.82, 2.24) is 0 Å². The maximum atomic E-state index is 6.31. The zero-order chi connectivity index (χ0) is 13.4. The van der Waals surface area contributed by atoms with Crippen LogP contribution in [0.3, 0.4) is 0 Å². The molecule has 0 spiro atoms. The molecule has 0 aliphatic heterocycles. The molecule has 1 atom stereocenters. The van der Waals surface area contributed by atoms with Gasteiger partial charge in [-0.25, -0.2) is 0 Å². The second-order valence-corrected chi connectivity index (χ2v) is 5.03. The van der Waals surface area contributed by atoms with Crippen LogP contribution in [0, 0.1) is 13.8 Å². The molecular weight excluding hydrogens is 234 g/mol. The van der Waals surface area contributed by atoms with Crippen molar-refractivity contribution in [1.29, 1.82) is 0 Å². The number of fused-ring (bicyclic) bond motifs is 1. The van der Waals surface area contributed by atoms with Gasteiger partial charge in [0.25, 0.3) is 0 Å². The normalized spacial score (nSPS) is 12.8. The molecule has 1 aromatic heterocycles. The van der Waals surface area contributed by atoms with Crippen molar-refractivity contribution in [2.45, 2.75) is 19.9 Å². The first-order valence-corrected chi connectivity index (χ1v) is 6.46. The van der Waals surface area contributed by atoms with E-state index in [1.807, 2.05) is 37.3 Å². The highest BCUT2D eigenvalue weighted by Crippen LogP contribution is 2.28. The Morgan fingerprint density at radius 2 is 1.79 bits per heavy atom. The van der Waals surface area contributed by atoms with Gasteiger partial charge in [-0.2, -0.15) is 0 Å². The van der Waals surface area contributed by atoms with E-state index in [9.17, 15) is 0 Å². The van der Waals surface area contributed by atoms with Gasteiger partial charge in [0.1, 0.15) is 11.3 Å². The molecule has 2 nitrogen and oxygen atoms in total. The standard InChI is InChI=1S/C17H17NO/c1-11-5-3-7-13(9-11)16(18)15-10-14-8-4-6-12(2)17(14)19-15/h3-10,16H,18H2,1-2H3. The first-order chi connectivity index (χ1) is 9.15. The average Bonchev–Trinajstić information content (AvgIpc) is 2.83. The minimum Gasteiger partial charge on any atom is -0.459 e. The summed E-state index contributed by atoms with van der Waals surface area (Å²) in [7, 11) is 0. The predicted octanol–water partition coefficient (Wildman–Crippen LogP) is 4.10. The maximum Gasteiger partial charge on any atom is 0.137 e. The van der Waals surface area contributed by atoms with Crippen LogP contribution in [0.4, 0.5) is 0 Å². The van der Waals surface area contributed by atoms with E-state index in [0.717, 1.165) is 27.9 Å². The molecule has 0 aliphatic carbocycles. The van der Waals surface area contributed by atoms with E-state index in [1.54, 1.807) is 0 Å². The first kappa shape index (κ1) is 12.0. The molecule has 0 saturated heterocycles. The Kier molecular flexibility index (Phi) is 2.88. The van der Waals surface area contributed by atoms with Crippen LogP contribution in [0.15, 0.2) is 52.9 Å². The van der Waals surface area contributed by atoms with Crippen molar-refractivity contribution < 1.29 is 4.42 Å². The summed E-state index contributed by atoms with van der Waals surface area (Å²) in [6.45, 7) is 4.12. The zero-order valence-corrected chi connectivity index (χ0v) is 11.2.